The number of amides is 3. The molecule has 0 spiro atoms. The van der Waals surface area contributed by atoms with Crippen LogP contribution in [-0.4, -0.2) is 79.5 Å². The van der Waals surface area contributed by atoms with Gasteiger partial charge in [0, 0.05) is 32.0 Å². The number of aliphatic hydroxyl groups excluding tert-OH is 1. The quantitative estimate of drug-likeness (QED) is 0.327. The van der Waals surface area contributed by atoms with Crippen LogP contribution in [0.2, 0.25) is 0 Å². The molecule has 4 atom stereocenters. The number of hydrogen-bond acceptors (Lipinski definition) is 7. The average Bonchev–Trinajstić information content (AvgIpc) is 3.38. The number of nitrogens with zero attached hydrogens (tertiary/aromatic N) is 1. The molecule has 0 radical (unpaired) electrons. The summed E-state index contributed by atoms with van der Waals surface area (Å²) in [4.78, 5) is 41.6. The Morgan fingerprint density at radius 1 is 1.21 bits per heavy atom. The molecule has 5 N–H and O–H groups in total. The highest BCUT2D eigenvalue weighted by Gasteiger charge is 2.39. The zero-order valence-corrected chi connectivity index (χ0v) is 25.6. The van der Waals surface area contributed by atoms with E-state index in [0.29, 0.717) is 43.7 Å². The van der Waals surface area contributed by atoms with Crippen molar-refractivity contribution in [2.75, 3.05) is 33.1 Å². The van der Waals surface area contributed by atoms with Crippen molar-refractivity contribution >= 4 is 23.4 Å². The van der Waals surface area contributed by atoms with E-state index < -0.39 is 23.8 Å². The molecule has 0 aliphatic carbocycles. The van der Waals surface area contributed by atoms with E-state index >= 15 is 0 Å². The fourth-order valence-corrected chi connectivity index (χ4v) is 4.20. The van der Waals surface area contributed by atoms with E-state index in [2.05, 4.69) is 10.6 Å². The Kier molecular flexibility index (Phi) is 16.6. The van der Waals surface area contributed by atoms with Gasteiger partial charge in [-0.2, -0.15) is 0 Å². The van der Waals surface area contributed by atoms with Gasteiger partial charge in [0.05, 0.1) is 12.6 Å². The molecule has 39 heavy (non-hydrogen) atoms. The fraction of sp³-hybridized carbons (Fsp3) is 0.690. The van der Waals surface area contributed by atoms with Crippen molar-refractivity contribution in [3.8, 4) is 0 Å². The van der Waals surface area contributed by atoms with Crippen LogP contribution in [0.5, 0.6) is 0 Å². The summed E-state index contributed by atoms with van der Waals surface area (Å²) in [6.07, 6.45) is 1.50. The van der Waals surface area contributed by atoms with Crippen LogP contribution in [0.3, 0.4) is 0 Å². The Morgan fingerprint density at radius 2 is 1.82 bits per heavy atom. The SMILES string of the molecule is CC.CCCN(C(=O)[C@@H](NC(=O)c1ccc(N)c(CC)c1)C(C)(C)C)[C@@H](C)C(=O)N[C@H]1CCO[C@H]1OC.CO. The molecule has 1 heterocycles. The monoisotopic (exact) mass is 552 g/mol. The van der Waals surface area contributed by atoms with E-state index in [9.17, 15) is 14.4 Å². The summed E-state index contributed by atoms with van der Waals surface area (Å²) in [6, 6.07) is 3.28. The van der Waals surface area contributed by atoms with Crippen LogP contribution < -0.4 is 16.4 Å². The number of carbonyl (C=O) groups excluding carboxylic acids is 3. The van der Waals surface area contributed by atoms with Crippen LogP contribution in [0.1, 0.15) is 84.2 Å². The van der Waals surface area contributed by atoms with Crippen LogP contribution in [-0.2, 0) is 25.5 Å². The number of aryl methyl sites for hydroxylation is 1. The highest BCUT2D eigenvalue weighted by molar-refractivity contribution is 5.99. The summed E-state index contributed by atoms with van der Waals surface area (Å²) < 4.78 is 10.8. The van der Waals surface area contributed by atoms with Gasteiger partial charge in [0.2, 0.25) is 11.8 Å². The smallest absolute Gasteiger partial charge is 0.251 e. The summed E-state index contributed by atoms with van der Waals surface area (Å²) in [5, 5.41) is 12.9. The fourth-order valence-electron chi connectivity index (χ4n) is 4.20. The number of rotatable bonds is 10. The summed E-state index contributed by atoms with van der Waals surface area (Å²) in [5.41, 5.74) is 7.34. The van der Waals surface area contributed by atoms with Crippen molar-refractivity contribution in [1.82, 2.24) is 15.5 Å². The van der Waals surface area contributed by atoms with E-state index in [1.54, 1.807) is 30.0 Å². The molecule has 10 nitrogen and oxygen atoms in total. The average molecular weight is 553 g/mol. The number of methoxy groups -OCH3 is 1. The van der Waals surface area contributed by atoms with Crippen molar-refractivity contribution in [3.63, 3.8) is 0 Å². The number of ether oxygens (including phenoxy) is 2. The van der Waals surface area contributed by atoms with Gasteiger partial charge in [0.15, 0.2) is 6.29 Å². The zero-order valence-electron chi connectivity index (χ0n) is 25.6. The van der Waals surface area contributed by atoms with Crippen molar-refractivity contribution in [3.05, 3.63) is 29.3 Å². The number of nitrogens with two attached hydrogens (primary N) is 1. The van der Waals surface area contributed by atoms with Crippen molar-refractivity contribution < 1.29 is 29.0 Å². The molecule has 0 saturated carbocycles. The molecule has 0 bridgehead atoms. The number of benzene rings is 1. The van der Waals surface area contributed by atoms with Crippen molar-refractivity contribution in [2.24, 2.45) is 5.41 Å². The van der Waals surface area contributed by atoms with E-state index in [0.717, 1.165) is 12.7 Å². The van der Waals surface area contributed by atoms with Gasteiger partial charge in [0.1, 0.15) is 12.1 Å². The maximum atomic E-state index is 13.8. The van der Waals surface area contributed by atoms with Gasteiger partial charge in [-0.15, -0.1) is 0 Å². The second-order valence-corrected chi connectivity index (χ2v) is 10.1. The predicted octanol–water partition coefficient (Wildman–Crippen LogP) is 3.12. The minimum absolute atomic E-state index is 0.273. The second-order valence-electron chi connectivity index (χ2n) is 10.1. The van der Waals surface area contributed by atoms with Crippen LogP contribution in [0.15, 0.2) is 18.2 Å². The van der Waals surface area contributed by atoms with E-state index in [1.807, 2.05) is 48.5 Å². The molecule has 3 amide bonds. The topological polar surface area (TPSA) is 143 Å². The van der Waals surface area contributed by atoms with Crippen LogP contribution in [0.4, 0.5) is 5.69 Å². The maximum absolute atomic E-state index is 13.8. The number of nitrogens with one attached hydrogen (secondary N) is 2. The molecule has 10 heteroatoms. The Morgan fingerprint density at radius 3 is 2.33 bits per heavy atom. The van der Waals surface area contributed by atoms with Gasteiger partial charge in [-0.3, -0.25) is 14.4 Å². The Bertz CT molecular complexity index is 902. The number of aliphatic hydroxyl groups is 1. The first-order valence-corrected chi connectivity index (χ1v) is 13.8. The zero-order chi connectivity index (χ0) is 30.3. The molecule has 1 fully saturated rings. The summed E-state index contributed by atoms with van der Waals surface area (Å²) in [5.74, 6) is -0.936. The van der Waals surface area contributed by atoms with Gasteiger partial charge in [-0.05, 0) is 55.4 Å². The minimum atomic E-state index is -0.832. The Balaban J connectivity index is 0.00000344. The van der Waals surface area contributed by atoms with Gasteiger partial charge >= 0.3 is 0 Å². The first-order valence-electron chi connectivity index (χ1n) is 13.8. The molecule has 224 valence electrons. The number of anilines is 1. The molecule has 1 aliphatic heterocycles. The number of carbonyl (C=O) groups is 3. The van der Waals surface area contributed by atoms with Gasteiger partial charge in [-0.1, -0.05) is 48.5 Å². The molecule has 1 saturated heterocycles. The molecular formula is C29H52N4O6. The lowest BCUT2D eigenvalue weighted by Gasteiger charge is -2.37. The molecular weight excluding hydrogens is 500 g/mol. The lowest BCUT2D eigenvalue weighted by atomic mass is 9.85. The number of nitrogen functional groups attached to an aromatic ring is 1. The summed E-state index contributed by atoms with van der Waals surface area (Å²) in [7, 11) is 2.53. The Hall–Kier alpha value is -2.69. The van der Waals surface area contributed by atoms with E-state index in [4.69, 9.17) is 20.3 Å². The molecule has 1 aromatic carbocycles. The van der Waals surface area contributed by atoms with E-state index in [1.165, 1.54) is 7.11 Å². The third-order valence-corrected chi connectivity index (χ3v) is 6.37. The first-order chi connectivity index (χ1) is 18.4. The molecule has 1 aromatic rings. The largest absolute Gasteiger partial charge is 0.400 e. The maximum Gasteiger partial charge on any atom is 0.251 e. The summed E-state index contributed by atoms with van der Waals surface area (Å²) >= 11 is 0. The standard InChI is InChI=1S/C26H42N4O5.C2H6.CH4O/c1-8-13-30(16(3)22(31)28-20-12-14-35-25(20)34-7)24(33)21(26(4,5)6)29-23(32)18-10-11-19(27)17(9-2)15-18;2*1-2/h10-11,15-16,20-21,25H,8-9,12-14,27H2,1-7H3,(H,28,31)(H,29,32);1-2H3;2H,1H3/t16-,20-,21+,25+;;/m0../s1. The first kappa shape index (κ1) is 36.3. The van der Waals surface area contributed by atoms with Crippen LogP contribution >= 0.6 is 0 Å². The minimum Gasteiger partial charge on any atom is -0.400 e. The third-order valence-electron chi connectivity index (χ3n) is 6.37. The number of hydrogen-bond donors (Lipinski definition) is 4. The lowest BCUT2D eigenvalue weighted by Crippen LogP contribution is -2.59. The highest BCUT2D eigenvalue weighted by Crippen LogP contribution is 2.24. The van der Waals surface area contributed by atoms with Gasteiger partial charge in [0.25, 0.3) is 5.91 Å². The molecule has 0 aromatic heterocycles. The van der Waals surface area contributed by atoms with E-state index in [-0.39, 0.29) is 23.8 Å². The lowest BCUT2D eigenvalue weighted by molar-refractivity contribution is -0.145. The molecule has 1 aliphatic rings. The van der Waals surface area contributed by atoms with Gasteiger partial charge in [-0.25, -0.2) is 0 Å². The van der Waals surface area contributed by atoms with Crippen LogP contribution in [0, 0.1) is 5.41 Å². The van der Waals surface area contributed by atoms with Crippen molar-refractivity contribution in [2.45, 2.75) is 99.1 Å². The summed E-state index contributed by atoms with van der Waals surface area (Å²) in [6.45, 7) is 16.2. The molecule has 0 unspecified atom stereocenters. The predicted molar refractivity (Wildman–Crippen MR) is 155 cm³/mol. The third kappa shape index (κ3) is 10.4. The second kappa shape index (κ2) is 17.8. The van der Waals surface area contributed by atoms with Crippen molar-refractivity contribution in [1.29, 1.82) is 0 Å². The van der Waals surface area contributed by atoms with Gasteiger partial charge < -0.3 is 35.8 Å². The normalized spacial score (nSPS) is 17.9. The Labute approximate surface area is 235 Å². The van der Waals surface area contributed by atoms with Crippen LogP contribution in [0.25, 0.3) is 0 Å². The highest BCUT2D eigenvalue weighted by atomic mass is 16.7. The molecule has 2 rings (SSSR count).